The van der Waals surface area contributed by atoms with Gasteiger partial charge in [0.15, 0.2) is 5.60 Å². The van der Waals surface area contributed by atoms with Gasteiger partial charge < -0.3 is 14.4 Å². The molecule has 1 spiro atoms. The maximum Gasteiger partial charge on any atom is 0.415 e. The molecule has 0 aliphatic carbocycles. The van der Waals surface area contributed by atoms with Crippen LogP contribution in [0, 0.1) is 0 Å². The number of ether oxygens (including phenoxy) is 2. The van der Waals surface area contributed by atoms with E-state index in [1.54, 1.807) is 9.80 Å². The fourth-order valence-corrected chi connectivity index (χ4v) is 3.43. The Balaban J connectivity index is 1.53. The van der Waals surface area contributed by atoms with Crippen LogP contribution in [0.2, 0.25) is 0 Å². The van der Waals surface area contributed by atoms with Crippen molar-refractivity contribution in [1.82, 2.24) is 9.80 Å². The molecule has 0 atom stereocenters. The van der Waals surface area contributed by atoms with Crippen molar-refractivity contribution in [3.63, 3.8) is 0 Å². The van der Waals surface area contributed by atoms with Crippen LogP contribution in [0.5, 0.6) is 0 Å². The smallest absolute Gasteiger partial charge is 0.415 e. The van der Waals surface area contributed by atoms with Gasteiger partial charge in [0, 0.05) is 32.5 Å². The van der Waals surface area contributed by atoms with Crippen LogP contribution in [0.3, 0.4) is 0 Å². The van der Waals surface area contributed by atoms with Gasteiger partial charge in [-0.25, -0.2) is 9.59 Å². The molecule has 6 heteroatoms. The van der Waals surface area contributed by atoms with E-state index in [1.165, 1.54) is 0 Å². The number of hydrogen-bond donors (Lipinski definition) is 0. The van der Waals surface area contributed by atoms with Crippen LogP contribution in [-0.4, -0.2) is 47.2 Å². The number of nitrogens with zero attached hydrogens (tertiary/aromatic N) is 2. The summed E-state index contributed by atoms with van der Waals surface area (Å²) in [6.45, 7) is 8.06. The highest BCUT2D eigenvalue weighted by molar-refractivity contribution is 5.75. The molecule has 2 fully saturated rings. The molecule has 2 saturated heterocycles. The van der Waals surface area contributed by atoms with E-state index in [-0.39, 0.29) is 18.8 Å². The predicted molar refractivity (Wildman–Crippen MR) is 97.4 cm³/mol. The number of benzene rings is 1. The van der Waals surface area contributed by atoms with E-state index in [0.717, 1.165) is 24.1 Å². The topological polar surface area (TPSA) is 59.1 Å². The Labute approximate surface area is 154 Å². The first-order valence-electron chi connectivity index (χ1n) is 9.21. The fourth-order valence-electron chi connectivity index (χ4n) is 3.43. The third kappa shape index (κ3) is 3.69. The Morgan fingerprint density at radius 3 is 2.62 bits per heavy atom. The minimum atomic E-state index is -0.666. The highest BCUT2D eigenvalue weighted by Crippen LogP contribution is 2.40. The van der Waals surface area contributed by atoms with Gasteiger partial charge in [0.05, 0.1) is 5.70 Å². The molecule has 0 saturated carbocycles. The van der Waals surface area contributed by atoms with Crippen LogP contribution in [0.25, 0.3) is 0 Å². The van der Waals surface area contributed by atoms with E-state index < -0.39 is 5.60 Å². The third-order valence-corrected chi connectivity index (χ3v) is 5.12. The molecular weight excluding hydrogens is 332 g/mol. The summed E-state index contributed by atoms with van der Waals surface area (Å²) in [5.41, 5.74) is 1.02. The number of amides is 2. The Hall–Kier alpha value is -2.50. The van der Waals surface area contributed by atoms with E-state index in [4.69, 9.17) is 9.47 Å². The monoisotopic (exact) mass is 358 g/mol. The highest BCUT2D eigenvalue weighted by Gasteiger charge is 2.50. The fraction of sp³-hybridized carbons (Fsp3) is 0.500. The summed E-state index contributed by atoms with van der Waals surface area (Å²) in [7, 11) is 0. The van der Waals surface area contributed by atoms with Crippen molar-refractivity contribution < 1.29 is 19.1 Å². The highest BCUT2D eigenvalue weighted by atomic mass is 16.6. The summed E-state index contributed by atoms with van der Waals surface area (Å²) in [6.07, 6.45) is 2.39. The van der Waals surface area contributed by atoms with E-state index in [9.17, 15) is 9.59 Å². The van der Waals surface area contributed by atoms with Gasteiger partial charge in [0.2, 0.25) is 0 Å². The summed E-state index contributed by atoms with van der Waals surface area (Å²) in [5, 5.41) is 0. The van der Waals surface area contributed by atoms with Crippen molar-refractivity contribution in [3.05, 3.63) is 48.2 Å². The van der Waals surface area contributed by atoms with Crippen molar-refractivity contribution in [1.29, 1.82) is 0 Å². The summed E-state index contributed by atoms with van der Waals surface area (Å²) in [5.74, 6) is 0. The molecule has 26 heavy (non-hydrogen) atoms. The SMILES string of the molecule is C=C1N(CCCC)C(=O)OC12CCN(C(=O)OCc1ccccc1)CC2. The second-order valence-electron chi connectivity index (χ2n) is 6.84. The summed E-state index contributed by atoms with van der Waals surface area (Å²) >= 11 is 0. The zero-order chi connectivity index (χ0) is 18.6. The molecule has 0 radical (unpaired) electrons. The van der Waals surface area contributed by atoms with Gasteiger partial charge in [-0.15, -0.1) is 0 Å². The van der Waals surface area contributed by atoms with Crippen molar-refractivity contribution in [2.24, 2.45) is 0 Å². The molecule has 0 unspecified atom stereocenters. The lowest BCUT2D eigenvalue weighted by molar-refractivity contribution is 0.0109. The average Bonchev–Trinajstić information content (AvgIpc) is 2.89. The zero-order valence-electron chi connectivity index (χ0n) is 15.3. The van der Waals surface area contributed by atoms with E-state index in [2.05, 4.69) is 13.5 Å². The van der Waals surface area contributed by atoms with E-state index in [0.29, 0.717) is 32.5 Å². The molecule has 0 N–H and O–H groups in total. The molecule has 0 aromatic heterocycles. The maximum absolute atomic E-state index is 12.3. The van der Waals surface area contributed by atoms with Crippen molar-refractivity contribution >= 4 is 12.2 Å². The van der Waals surface area contributed by atoms with Crippen molar-refractivity contribution in [3.8, 4) is 0 Å². The van der Waals surface area contributed by atoms with Crippen LogP contribution in [0.1, 0.15) is 38.2 Å². The minimum absolute atomic E-state index is 0.258. The molecule has 2 heterocycles. The number of likely N-dealkylation sites (tertiary alicyclic amines) is 1. The largest absolute Gasteiger partial charge is 0.445 e. The van der Waals surface area contributed by atoms with Crippen molar-refractivity contribution in [2.45, 2.75) is 44.8 Å². The van der Waals surface area contributed by atoms with Crippen LogP contribution in [0.15, 0.2) is 42.6 Å². The lowest BCUT2D eigenvalue weighted by Gasteiger charge is -2.37. The van der Waals surface area contributed by atoms with Crippen LogP contribution < -0.4 is 0 Å². The lowest BCUT2D eigenvalue weighted by atomic mass is 9.88. The molecule has 6 nitrogen and oxygen atoms in total. The zero-order valence-corrected chi connectivity index (χ0v) is 15.3. The van der Waals surface area contributed by atoms with Crippen LogP contribution >= 0.6 is 0 Å². The molecule has 3 rings (SSSR count). The quantitative estimate of drug-likeness (QED) is 0.800. The molecular formula is C20H26N2O4. The van der Waals surface area contributed by atoms with Crippen LogP contribution in [-0.2, 0) is 16.1 Å². The molecule has 140 valence electrons. The van der Waals surface area contributed by atoms with Gasteiger partial charge in [0.25, 0.3) is 0 Å². The first kappa shape index (κ1) is 18.3. The normalized spacial score (nSPS) is 19.0. The Bertz CT molecular complexity index is 666. The maximum atomic E-state index is 12.3. The number of carbonyl (C=O) groups is 2. The summed E-state index contributed by atoms with van der Waals surface area (Å²) in [4.78, 5) is 27.8. The second-order valence-corrected chi connectivity index (χ2v) is 6.84. The van der Waals surface area contributed by atoms with Gasteiger partial charge in [-0.05, 0) is 12.0 Å². The second kappa shape index (κ2) is 7.81. The van der Waals surface area contributed by atoms with E-state index in [1.807, 2.05) is 30.3 Å². The number of hydrogen-bond acceptors (Lipinski definition) is 4. The van der Waals surface area contributed by atoms with Gasteiger partial charge in [0.1, 0.15) is 6.61 Å². The standard InChI is InChI=1S/C20H26N2O4/c1-3-4-12-22-16(2)20(26-19(22)24)10-13-21(14-11-20)18(23)25-15-17-8-6-5-7-9-17/h5-9H,2-4,10-15H2,1H3. The number of rotatable bonds is 5. The number of unbranched alkanes of at least 4 members (excludes halogenated alkanes) is 1. The minimum Gasteiger partial charge on any atom is -0.445 e. The molecule has 2 aliphatic rings. The van der Waals surface area contributed by atoms with Gasteiger partial charge >= 0.3 is 12.2 Å². The molecule has 1 aromatic carbocycles. The van der Waals surface area contributed by atoms with Gasteiger partial charge in [-0.3, -0.25) is 4.90 Å². The Morgan fingerprint density at radius 2 is 1.96 bits per heavy atom. The van der Waals surface area contributed by atoms with Crippen LogP contribution in [0.4, 0.5) is 9.59 Å². The molecule has 0 bridgehead atoms. The Kier molecular flexibility index (Phi) is 5.49. The molecule has 1 aromatic rings. The number of carbonyl (C=O) groups excluding carboxylic acids is 2. The molecule has 2 aliphatic heterocycles. The molecule has 2 amide bonds. The summed E-state index contributed by atoms with van der Waals surface area (Å²) < 4.78 is 11.1. The lowest BCUT2D eigenvalue weighted by Crippen LogP contribution is -2.47. The predicted octanol–water partition coefficient (Wildman–Crippen LogP) is 3.92. The van der Waals surface area contributed by atoms with Gasteiger partial charge in [-0.1, -0.05) is 50.3 Å². The average molecular weight is 358 g/mol. The number of piperidine rings is 1. The first-order valence-corrected chi connectivity index (χ1v) is 9.21. The first-order chi connectivity index (χ1) is 12.6. The van der Waals surface area contributed by atoms with E-state index >= 15 is 0 Å². The Morgan fingerprint density at radius 1 is 1.27 bits per heavy atom. The van der Waals surface area contributed by atoms with Crippen molar-refractivity contribution in [2.75, 3.05) is 19.6 Å². The summed E-state index contributed by atoms with van der Waals surface area (Å²) in [6, 6.07) is 9.60. The third-order valence-electron chi connectivity index (χ3n) is 5.12. The van der Waals surface area contributed by atoms with Gasteiger partial charge in [-0.2, -0.15) is 0 Å².